The van der Waals surface area contributed by atoms with E-state index < -0.39 is 0 Å². The molecule has 3 heteroatoms. The molecule has 0 aromatic heterocycles. The van der Waals surface area contributed by atoms with E-state index in [-0.39, 0.29) is 6.92 Å². The molecule has 1 N–H and O–H groups in total. The van der Waals surface area contributed by atoms with E-state index in [1.807, 2.05) is 7.85 Å². The van der Waals surface area contributed by atoms with Crippen molar-refractivity contribution < 1.29 is 5.02 Å². The van der Waals surface area contributed by atoms with Gasteiger partial charge in [-0.05, 0) is 0 Å². The van der Waals surface area contributed by atoms with Crippen molar-refractivity contribution in [3.63, 3.8) is 0 Å². The van der Waals surface area contributed by atoms with Crippen LogP contribution in [-0.4, -0.2) is 19.8 Å². The maximum absolute atomic E-state index is 8.36. The molecule has 0 aliphatic heterocycles. The van der Waals surface area contributed by atoms with Crippen molar-refractivity contribution in [1.29, 1.82) is 0 Å². The fraction of sp³-hybridized carbons (Fsp3) is 1.00. The minimum Gasteiger partial charge on any atom is -0.451 e. The monoisotopic (exact) mass is 70.1 g/mol. The summed E-state index contributed by atoms with van der Waals surface area (Å²) < 4.78 is 0. The van der Waals surface area contributed by atoms with Crippen molar-refractivity contribution in [2.75, 3.05) is 0 Å². The van der Waals surface area contributed by atoms with Gasteiger partial charge >= 0.3 is 0 Å². The molecule has 0 amide bonds. The highest BCUT2D eigenvalue weighted by Crippen LogP contribution is 1.73. The average Bonchev–Trinajstić information content (AvgIpc) is 1.38. The molecule has 0 aromatic carbocycles. The van der Waals surface area contributed by atoms with Crippen molar-refractivity contribution in [1.82, 2.24) is 0 Å². The van der Waals surface area contributed by atoms with Gasteiger partial charge < -0.3 is 5.02 Å². The first-order chi connectivity index (χ1) is 2.27. The van der Waals surface area contributed by atoms with Gasteiger partial charge in [0.2, 0.25) is 0 Å². The third-order valence-electron chi connectivity index (χ3n) is 0.591. The summed E-state index contributed by atoms with van der Waals surface area (Å²) in [5.41, 5.74) is 0. The van der Waals surface area contributed by atoms with Crippen LogP contribution in [0.3, 0.4) is 0 Å². The van der Waals surface area contributed by atoms with Crippen LogP contribution < -0.4 is 0 Å². The number of hydrogen-bond acceptors (Lipinski definition) is 1. The quantitative estimate of drug-likeness (QED) is 0.400. The van der Waals surface area contributed by atoms with Crippen LogP contribution in [-0.2, 0) is 0 Å². The Morgan fingerprint density at radius 3 is 2.20 bits per heavy atom. The molecule has 0 bridgehead atoms. The Labute approximate surface area is 33.9 Å². The molecule has 0 aliphatic rings. The lowest BCUT2D eigenvalue weighted by atomic mass is 9.61. The van der Waals surface area contributed by atoms with Crippen LogP contribution in [0.1, 0.15) is 0 Å². The average molecular weight is 69.7 g/mol. The minimum absolute atomic E-state index is 0.116. The molecule has 0 fully saturated rings. The summed E-state index contributed by atoms with van der Waals surface area (Å²) in [6.45, 7) is 1.66. The minimum atomic E-state index is -0.116. The van der Waals surface area contributed by atoms with Crippen LogP contribution in [0.25, 0.3) is 0 Å². The van der Waals surface area contributed by atoms with Crippen LogP contribution >= 0.6 is 0 Å². The van der Waals surface area contributed by atoms with Crippen LogP contribution in [0.5, 0.6) is 0 Å². The van der Waals surface area contributed by atoms with Crippen LogP contribution in [0.15, 0.2) is 0 Å². The van der Waals surface area contributed by atoms with E-state index in [0.29, 0.717) is 0 Å². The summed E-state index contributed by atoms with van der Waals surface area (Å²) in [5.74, 6) is 0. The molecule has 0 aliphatic carbocycles. The molecule has 5 heavy (non-hydrogen) atoms. The Kier molecular flexibility index (Phi) is 2.38. The van der Waals surface area contributed by atoms with Gasteiger partial charge in [0.25, 0.3) is 6.92 Å². The first kappa shape index (κ1) is 5.09. The zero-order valence-electron chi connectivity index (χ0n) is 3.73. The van der Waals surface area contributed by atoms with Gasteiger partial charge in [0, 0.05) is 0 Å². The molecule has 0 heterocycles. The van der Waals surface area contributed by atoms with Crippen LogP contribution in [0.4, 0.5) is 0 Å². The fourth-order valence-corrected chi connectivity index (χ4v) is 0. The van der Waals surface area contributed by atoms with Crippen molar-refractivity contribution in [2.24, 2.45) is 0 Å². The predicted octanol–water partition coefficient (Wildman–Crippen LogP) is -0.809. The maximum Gasteiger partial charge on any atom is 0.278 e. The molecule has 0 saturated carbocycles. The highest BCUT2D eigenvalue weighted by molar-refractivity contribution is 6.57. The van der Waals surface area contributed by atoms with Gasteiger partial charge in [-0.3, -0.25) is 0 Å². The number of rotatable bonds is 1. The molecule has 0 atom stereocenters. The van der Waals surface area contributed by atoms with E-state index in [1.165, 1.54) is 0 Å². The van der Waals surface area contributed by atoms with E-state index in [4.69, 9.17) is 5.02 Å². The molecule has 0 radical (unpaired) electrons. The molecule has 1 nitrogen and oxygen atoms in total. The van der Waals surface area contributed by atoms with E-state index in [0.717, 1.165) is 6.22 Å². The molecule has 0 unspecified atom stereocenters. The summed E-state index contributed by atoms with van der Waals surface area (Å²) in [4.78, 5) is 0. The van der Waals surface area contributed by atoms with Crippen molar-refractivity contribution in [2.45, 2.75) is 13.0 Å². The van der Waals surface area contributed by atoms with Crippen LogP contribution in [0.2, 0.25) is 13.0 Å². The lowest BCUT2D eigenvalue weighted by Gasteiger charge is -1.83. The Hall–Kier alpha value is 0.0899. The standard InChI is InChI=1S/C2H8B2O/c1-4(5)2-3/h5H,2-3H2,1H3. The normalized spacial score (nSPS) is 7.60. The van der Waals surface area contributed by atoms with Gasteiger partial charge in [-0.15, -0.1) is 0 Å². The van der Waals surface area contributed by atoms with Crippen molar-refractivity contribution in [3.05, 3.63) is 0 Å². The van der Waals surface area contributed by atoms with E-state index in [2.05, 4.69) is 0 Å². The summed E-state index contributed by atoms with van der Waals surface area (Å²) in [7, 11) is 1.95. The highest BCUT2D eigenvalue weighted by atomic mass is 16.2. The second-order valence-electron chi connectivity index (χ2n) is 1.26. The first-order valence-electron chi connectivity index (χ1n) is 1.95. The molecule has 0 aromatic rings. The lowest BCUT2D eigenvalue weighted by molar-refractivity contribution is 0.585. The Balaban J connectivity index is 2.54. The Morgan fingerprint density at radius 2 is 2.20 bits per heavy atom. The second-order valence-corrected chi connectivity index (χ2v) is 1.26. The Bertz CT molecular complexity index is 21.6. The smallest absolute Gasteiger partial charge is 0.278 e. The lowest BCUT2D eigenvalue weighted by Crippen LogP contribution is -2.02. The van der Waals surface area contributed by atoms with E-state index in [1.54, 1.807) is 6.82 Å². The van der Waals surface area contributed by atoms with Gasteiger partial charge in [-0.1, -0.05) is 13.0 Å². The molecule has 0 rings (SSSR count). The predicted molar refractivity (Wildman–Crippen MR) is 27.2 cm³/mol. The third-order valence-corrected chi connectivity index (χ3v) is 0.591. The van der Waals surface area contributed by atoms with Gasteiger partial charge in [0.15, 0.2) is 0 Å². The third kappa shape index (κ3) is 4.09. The zero-order valence-corrected chi connectivity index (χ0v) is 3.73. The van der Waals surface area contributed by atoms with E-state index in [9.17, 15) is 0 Å². The molecular weight excluding hydrogens is 61.6 g/mol. The van der Waals surface area contributed by atoms with E-state index >= 15 is 0 Å². The fourth-order valence-electron chi connectivity index (χ4n) is 0. The molecule has 0 spiro atoms. The van der Waals surface area contributed by atoms with Crippen molar-refractivity contribution >= 4 is 14.8 Å². The first-order valence-corrected chi connectivity index (χ1v) is 1.95. The van der Waals surface area contributed by atoms with Crippen LogP contribution in [0, 0.1) is 0 Å². The summed E-state index contributed by atoms with van der Waals surface area (Å²) in [6.07, 6.45) is 0.861. The maximum atomic E-state index is 8.36. The largest absolute Gasteiger partial charge is 0.451 e. The van der Waals surface area contributed by atoms with Gasteiger partial charge in [0.1, 0.15) is 0 Å². The number of hydrogen-bond donors (Lipinski definition) is 1. The van der Waals surface area contributed by atoms with Crippen molar-refractivity contribution in [3.8, 4) is 0 Å². The molecule has 0 saturated heterocycles. The van der Waals surface area contributed by atoms with Gasteiger partial charge in [-0.2, -0.15) is 0 Å². The second kappa shape index (κ2) is 2.33. The van der Waals surface area contributed by atoms with Gasteiger partial charge in [-0.25, -0.2) is 0 Å². The summed E-state index contributed by atoms with van der Waals surface area (Å²) >= 11 is 0. The van der Waals surface area contributed by atoms with Gasteiger partial charge in [0.05, 0.1) is 7.85 Å². The highest BCUT2D eigenvalue weighted by Gasteiger charge is 1.91. The summed E-state index contributed by atoms with van der Waals surface area (Å²) in [5, 5.41) is 8.36. The molecule has 28 valence electrons. The Morgan fingerprint density at radius 1 is 2.00 bits per heavy atom. The SMILES string of the molecule is BCB(C)O. The molecular formula is C2H8B2O. The topological polar surface area (TPSA) is 20.2 Å². The zero-order chi connectivity index (χ0) is 4.28. The summed E-state index contributed by atoms with van der Waals surface area (Å²) in [6, 6.07) is 0.